The first kappa shape index (κ1) is 21.7. The van der Waals surface area contributed by atoms with Gasteiger partial charge in [0.2, 0.25) is 11.8 Å². The zero-order valence-electron chi connectivity index (χ0n) is 20.3. The lowest BCUT2D eigenvalue weighted by molar-refractivity contribution is -0.197. The van der Waals surface area contributed by atoms with Crippen molar-refractivity contribution >= 4 is 29.6 Å². The number of amides is 4. The minimum absolute atomic E-state index is 0.00619. The highest BCUT2D eigenvalue weighted by molar-refractivity contribution is 6.01. The quantitative estimate of drug-likeness (QED) is 0.258. The summed E-state index contributed by atoms with van der Waals surface area (Å²) in [5.74, 6) is -2.60. The van der Waals surface area contributed by atoms with Crippen molar-refractivity contribution in [3.63, 3.8) is 0 Å². The van der Waals surface area contributed by atoms with E-state index in [1.54, 1.807) is 18.7 Å². The molecule has 2 aliphatic rings. The lowest BCUT2D eigenvalue weighted by atomic mass is 9.82. The molecule has 0 aromatic carbocycles. The molecule has 2 N–H and O–H groups in total. The molecular formula is C20H33N5O6. The van der Waals surface area contributed by atoms with Crippen LogP contribution in [0, 0.1) is 5.41 Å². The number of imide groups is 1. The number of hydroxylamine groups is 2. The highest BCUT2D eigenvalue weighted by Crippen LogP contribution is 2.27. The van der Waals surface area contributed by atoms with Crippen LogP contribution in [0.1, 0.15) is 42.3 Å². The zero-order chi connectivity index (χ0) is 24.8. The van der Waals surface area contributed by atoms with Crippen molar-refractivity contribution in [3.8, 4) is 0 Å². The van der Waals surface area contributed by atoms with Crippen LogP contribution in [0.5, 0.6) is 0 Å². The molecule has 2 rings (SSSR count). The average molecular weight is 447 g/mol. The fourth-order valence-electron chi connectivity index (χ4n) is 3.44. The van der Waals surface area contributed by atoms with Crippen molar-refractivity contribution in [1.82, 2.24) is 25.5 Å². The summed E-state index contributed by atoms with van der Waals surface area (Å²) in [7, 11) is 1.93. The smallest absolute Gasteiger partial charge is 0.334 e. The van der Waals surface area contributed by atoms with Gasteiger partial charge in [-0.05, 0) is 27.9 Å². The number of hydrogen-bond acceptors (Lipinski definition) is 8. The molecule has 1 unspecified atom stereocenters. The summed E-state index contributed by atoms with van der Waals surface area (Å²) < 4.78 is 15.6. The largest absolute Gasteiger partial charge is 0.355 e. The maximum Gasteiger partial charge on any atom is 0.334 e. The molecule has 2 heterocycles. The summed E-state index contributed by atoms with van der Waals surface area (Å²) in [4.78, 5) is 67.8. The highest BCUT2D eigenvalue weighted by atomic mass is 16.8. The number of hydrogen-bond donors (Lipinski definition) is 2. The van der Waals surface area contributed by atoms with Gasteiger partial charge in [0.15, 0.2) is 0 Å². The number of carbonyl (C=O) groups excluding carboxylic acids is 5. The third kappa shape index (κ3) is 6.73. The van der Waals surface area contributed by atoms with Gasteiger partial charge in [0.25, 0.3) is 11.8 Å². The summed E-state index contributed by atoms with van der Waals surface area (Å²) in [5.41, 5.74) is -0.875. The van der Waals surface area contributed by atoms with Crippen LogP contribution in [-0.4, -0.2) is 97.3 Å². The molecule has 4 amide bonds. The van der Waals surface area contributed by atoms with E-state index in [9.17, 15) is 24.0 Å². The van der Waals surface area contributed by atoms with Crippen molar-refractivity contribution in [2.75, 3.05) is 46.8 Å². The van der Waals surface area contributed by atoms with Crippen molar-refractivity contribution in [3.05, 3.63) is 0 Å². The molecule has 174 valence electrons. The molecule has 0 radical (unpaired) electrons. The van der Waals surface area contributed by atoms with Gasteiger partial charge in [-0.3, -0.25) is 24.1 Å². The number of rotatable bonds is 9. The Morgan fingerprint density at radius 1 is 1.10 bits per heavy atom. The summed E-state index contributed by atoms with van der Waals surface area (Å²) in [6, 6.07) is -0.314. The highest BCUT2D eigenvalue weighted by Gasteiger charge is 2.41. The maximum absolute atomic E-state index is 12.8. The monoisotopic (exact) mass is 447 g/mol. The second-order valence-electron chi connectivity index (χ2n) is 8.39. The van der Waals surface area contributed by atoms with E-state index in [-0.39, 0.29) is 56.6 Å². The number of likely N-dealkylation sites (N-methyl/N-ethyl adjacent to an activating group) is 2. The second kappa shape index (κ2) is 10.7. The number of nitrogens with zero attached hydrogens (tertiary/aromatic N) is 3. The molecule has 2 aliphatic heterocycles. The summed E-state index contributed by atoms with van der Waals surface area (Å²) in [5, 5.41) is 5.72. The molecular weight excluding hydrogens is 412 g/mol. The molecule has 2 fully saturated rings. The van der Waals surface area contributed by atoms with Crippen LogP contribution < -0.4 is 10.6 Å². The van der Waals surface area contributed by atoms with E-state index < -0.39 is 30.2 Å². The van der Waals surface area contributed by atoms with Gasteiger partial charge < -0.3 is 20.4 Å². The van der Waals surface area contributed by atoms with Crippen LogP contribution >= 0.6 is 0 Å². The van der Waals surface area contributed by atoms with Crippen LogP contribution in [0.15, 0.2) is 0 Å². The van der Waals surface area contributed by atoms with Crippen molar-refractivity contribution in [2.24, 2.45) is 5.41 Å². The van der Waals surface area contributed by atoms with E-state index in [2.05, 4.69) is 15.5 Å². The normalized spacial score (nSPS) is 21.7. The molecule has 1 atom stereocenters. The van der Waals surface area contributed by atoms with Gasteiger partial charge in [0, 0.05) is 60.8 Å². The molecule has 0 saturated carbocycles. The number of nitrogens with one attached hydrogen (secondary N) is 2. The first-order valence-electron chi connectivity index (χ1n) is 11.5. The fourth-order valence-corrected chi connectivity index (χ4v) is 3.44. The topological polar surface area (TPSA) is 128 Å². The van der Waals surface area contributed by atoms with Crippen LogP contribution in [0.2, 0.25) is 0 Å². The Balaban J connectivity index is 1.71. The molecule has 2 saturated heterocycles. The van der Waals surface area contributed by atoms with Gasteiger partial charge in [0.05, 0.1) is 11.8 Å². The summed E-state index contributed by atoms with van der Waals surface area (Å²) in [6.45, 7) is 4.22. The van der Waals surface area contributed by atoms with E-state index in [0.717, 1.165) is 6.54 Å². The Hall–Kier alpha value is -2.53. The van der Waals surface area contributed by atoms with Crippen molar-refractivity contribution in [1.29, 1.82) is 0 Å². The Bertz CT molecular complexity index is 762. The van der Waals surface area contributed by atoms with Gasteiger partial charge in [0.1, 0.15) is 0 Å². The van der Waals surface area contributed by atoms with Gasteiger partial charge in [-0.25, -0.2) is 4.79 Å². The number of carbonyl (C=O) groups is 5. The first-order valence-corrected chi connectivity index (χ1v) is 10.3. The number of piperazine rings is 1. The average Bonchev–Trinajstić information content (AvgIpc) is 3.05. The third-order valence-corrected chi connectivity index (χ3v) is 5.53. The lowest BCUT2D eigenvalue weighted by Crippen LogP contribution is -2.60. The van der Waals surface area contributed by atoms with E-state index in [4.69, 9.17) is 7.58 Å². The van der Waals surface area contributed by atoms with Crippen LogP contribution in [0.25, 0.3) is 0 Å². The standard InChI is InChI=1S/C20H33N5O6/c1-20(2,14-13-23(3)11-12-24(14)4)19(30)22-9-7-15(26)21-10-8-18(29)31-25-16(27)5-6-17(25)28/h14H,5-13H2,1-4H3,(H,21,26)(H,22,30)/i3+1,4+1D2,8+1,12+1,18+1,21+1. The van der Waals surface area contributed by atoms with Gasteiger partial charge >= 0.3 is 5.97 Å². The van der Waals surface area contributed by atoms with Crippen LogP contribution in [0.3, 0.4) is 0 Å². The van der Waals surface area contributed by atoms with Gasteiger partial charge in [-0.2, -0.15) is 0 Å². The Labute approximate surface area is 185 Å². The zero-order valence-corrected chi connectivity index (χ0v) is 18.3. The fraction of sp³-hybridized carbons (Fsp3) is 0.750. The molecule has 0 aliphatic carbocycles. The minimum atomic E-state index is -1.17. The summed E-state index contributed by atoms with van der Waals surface area (Å²) in [6.07, 6.45) is -0.205. The molecule has 0 aromatic rings. The summed E-state index contributed by atoms with van der Waals surface area (Å²) >= 11 is 0. The second-order valence-corrected chi connectivity index (χ2v) is 8.39. The van der Waals surface area contributed by atoms with Crippen LogP contribution in [-0.2, 0) is 28.8 Å². The van der Waals surface area contributed by atoms with Crippen molar-refractivity contribution in [2.45, 2.75) is 45.6 Å². The Morgan fingerprint density at radius 3 is 2.39 bits per heavy atom. The van der Waals surface area contributed by atoms with E-state index in [0.29, 0.717) is 18.2 Å². The van der Waals surface area contributed by atoms with E-state index in [1.807, 2.05) is 7.05 Å². The molecule has 0 aromatic heterocycles. The first-order chi connectivity index (χ1) is 15.4. The minimum Gasteiger partial charge on any atom is -0.355 e. The molecule has 11 nitrogen and oxygen atoms in total. The predicted octanol–water partition coefficient (Wildman–Crippen LogP) is -1.12. The van der Waals surface area contributed by atoms with E-state index >= 15 is 0 Å². The predicted molar refractivity (Wildman–Crippen MR) is 110 cm³/mol. The molecule has 0 bridgehead atoms. The maximum atomic E-state index is 12.8. The lowest BCUT2D eigenvalue weighted by Gasteiger charge is -2.45. The Morgan fingerprint density at radius 2 is 1.74 bits per heavy atom. The van der Waals surface area contributed by atoms with E-state index in [1.165, 1.54) is 0 Å². The van der Waals surface area contributed by atoms with Crippen molar-refractivity contribution < 1.29 is 31.6 Å². The van der Waals surface area contributed by atoms with Gasteiger partial charge in [-0.15, -0.1) is 5.06 Å². The van der Waals surface area contributed by atoms with Crippen LogP contribution in [0.4, 0.5) is 0 Å². The SMILES string of the molecule is [2H][13CH]([2H])N1[13CH2]CN([13CH3])CC1C(C)(C)C(=O)NCCC(=O)[15NH]C[13CH2][13C](=O)ON1C(=O)CCC1=O. The molecule has 31 heavy (non-hydrogen) atoms. The van der Waals surface area contributed by atoms with Gasteiger partial charge in [-0.1, -0.05) is 0 Å². The Kier molecular flexibility index (Phi) is 7.47. The molecule has 11 heteroatoms. The molecule has 0 spiro atoms. The third-order valence-electron chi connectivity index (χ3n) is 5.53.